The summed E-state index contributed by atoms with van der Waals surface area (Å²) in [5.74, 6) is 0.809. The summed E-state index contributed by atoms with van der Waals surface area (Å²) < 4.78 is 11.3. The van der Waals surface area contributed by atoms with Crippen molar-refractivity contribution < 1.29 is 19.1 Å². The quantitative estimate of drug-likeness (QED) is 0.477. The number of rotatable bonds is 9. The lowest BCUT2D eigenvalue weighted by Gasteiger charge is -2.14. The van der Waals surface area contributed by atoms with Gasteiger partial charge in [-0.15, -0.1) is 11.8 Å². The Balaban J connectivity index is 1.47. The summed E-state index contributed by atoms with van der Waals surface area (Å²) in [7, 11) is 0. The summed E-state index contributed by atoms with van der Waals surface area (Å²) in [6, 6.07) is 18.5. The molecular formula is C24H24N2O4S. The van der Waals surface area contributed by atoms with E-state index in [1.807, 2.05) is 55.5 Å². The number of esters is 1. The Labute approximate surface area is 186 Å². The van der Waals surface area contributed by atoms with E-state index < -0.39 is 5.25 Å². The number of benzene rings is 2. The Morgan fingerprint density at radius 2 is 1.84 bits per heavy atom. The van der Waals surface area contributed by atoms with Crippen LogP contribution in [0.15, 0.2) is 73.1 Å². The van der Waals surface area contributed by atoms with E-state index in [0.29, 0.717) is 11.5 Å². The first-order chi connectivity index (χ1) is 15.0. The van der Waals surface area contributed by atoms with E-state index in [2.05, 4.69) is 10.3 Å². The van der Waals surface area contributed by atoms with Crippen molar-refractivity contribution in [3.63, 3.8) is 0 Å². The van der Waals surface area contributed by atoms with Crippen LogP contribution in [-0.2, 0) is 20.9 Å². The highest BCUT2D eigenvalue weighted by Crippen LogP contribution is 2.25. The number of nitrogens with zero attached hydrogens (tertiary/aromatic N) is 1. The molecule has 0 radical (unpaired) electrons. The molecule has 1 aromatic heterocycles. The fourth-order valence-corrected chi connectivity index (χ4v) is 3.30. The molecule has 3 aromatic rings. The minimum absolute atomic E-state index is 0.0791. The average Bonchev–Trinajstić information content (AvgIpc) is 2.79. The van der Waals surface area contributed by atoms with Gasteiger partial charge in [0.25, 0.3) is 0 Å². The lowest BCUT2D eigenvalue weighted by atomic mass is 10.2. The van der Waals surface area contributed by atoms with Crippen LogP contribution in [0, 0.1) is 6.92 Å². The molecule has 6 nitrogen and oxygen atoms in total. The Morgan fingerprint density at radius 1 is 1.06 bits per heavy atom. The number of carbonyl (C=O) groups excluding carboxylic acids is 2. The summed E-state index contributed by atoms with van der Waals surface area (Å²) >= 11 is 1.23. The average molecular weight is 437 g/mol. The minimum Gasteiger partial charge on any atom is -0.460 e. The number of aromatic nitrogens is 1. The van der Waals surface area contributed by atoms with Gasteiger partial charge < -0.3 is 14.8 Å². The number of nitrogens with one attached hydrogen (secondary N) is 1. The van der Waals surface area contributed by atoms with Crippen LogP contribution < -0.4 is 10.1 Å². The van der Waals surface area contributed by atoms with Crippen molar-refractivity contribution in [1.29, 1.82) is 0 Å². The van der Waals surface area contributed by atoms with Crippen LogP contribution in [0.2, 0.25) is 0 Å². The zero-order chi connectivity index (χ0) is 22.1. The van der Waals surface area contributed by atoms with Crippen LogP contribution in [-0.4, -0.2) is 27.9 Å². The molecule has 1 N–H and O–H groups in total. The Kier molecular flexibility index (Phi) is 8.06. The highest BCUT2D eigenvalue weighted by Gasteiger charge is 2.18. The van der Waals surface area contributed by atoms with E-state index in [0.717, 1.165) is 16.8 Å². The van der Waals surface area contributed by atoms with Gasteiger partial charge in [-0.1, -0.05) is 35.9 Å². The van der Waals surface area contributed by atoms with Gasteiger partial charge in [-0.05, 0) is 44.2 Å². The van der Waals surface area contributed by atoms with E-state index in [1.165, 1.54) is 11.8 Å². The maximum Gasteiger partial charge on any atom is 0.319 e. The Hall–Kier alpha value is -3.32. The highest BCUT2D eigenvalue weighted by atomic mass is 32.2. The number of ether oxygens (including phenoxy) is 2. The molecular weight excluding hydrogens is 412 g/mol. The number of aryl methyl sites for hydroxylation is 1. The third kappa shape index (κ3) is 7.15. The standard InChI is InChI=1S/C24H24N2O4S/c1-17-9-11-20(12-10-17)26-23(27)16-31-18(2)24(28)29-15-19-6-3-4-8-22(19)30-21-7-5-13-25-14-21/h3-14,18H,15-16H2,1-2H3,(H,26,27). The number of anilines is 1. The maximum absolute atomic E-state index is 12.4. The third-order valence-corrected chi connectivity index (χ3v) is 5.46. The van der Waals surface area contributed by atoms with Gasteiger partial charge in [0.1, 0.15) is 23.4 Å². The molecule has 3 rings (SSSR count). The Bertz CT molecular complexity index is 1010. The largest absolute Gasteiger partial charge is 0.460 e. The predicted molar refractivity (Wildman–Crippen MR) is 122 cm³/mol. The molecule has 7 heteroatoms. The Morgan fingerprint density at radius 3 is 2.58 bits per heavy atom. The number of para-hydroxylation sites is 1. The fraction of sp³-hybridized carbons (Fsp3) is 0.208. The van der Waals surface area contributed by atoms with Gasteiger partial charge >= 0.3 is 5.97 Å². The molecule has 0 aliphatic carbocycles. The summed E-state index contributed by atoms with van der Waals surface area (Å²) in [5.41, 5.74) is 2.60. The number of hydrogen-bond donors (Lipinski definition) is 1. The zero-order valence-corrected chi connectivity index (χ0v) is 18.2. The van der Waals surface area contributed by atoms with Crippen LogP contribution in [0.5, 0.6) is 11.5 Å². The second-order valence-corrected chi connectivity index (χ2v) is 8.20. The second-order valence-electron chi connectivity index (χ2n) is 6.87. The molecule has 0 fully saturated rings. The third-order valence-electron chi connectivity index (χ3n) is 4.34. The van der Waals surface area contributed by atoms with Crippen LogP contribution in [0.25, 0.3) is 0 Å². The molecule has 1 amide bonds. The topological polar surface area (TPSA) is 77.5 Å². The van der Waals surface area contributed by atoms with Crippen molar-refractivity contribution in [3.05, 3.63) is 84.2 Å². The molecule has 0 aliphatic heterocycles. The van der Waals surface area contributed by atoms with E-state index in [4.69, 9.17) is 9.47 Å². The number of pyridine rings is 1. The molecule has 0 saturated carbocycles. The number of amides is 1. The summed E-state index contributed by atoms with van der Waals surface area (Å²) in [6.45, 7) is 3.79. The molecule has 2 aromatic carbocycles. The number of carbonyl (C=O) groups is 2. The molecule has 0 spiro atoms. The molecule has 31 heavy (non-hydrogen) atoms. The van der Waals surface area contributed by atoms with Gasteiger partial charge in [0.05, 0.1) is 11.9 Å². The normalized spacial score (nSPS) is 11.4. The second kappa shape index (κ2) is 11.2. The first-order valence-electron chi connectivity index (χ1n) is 9.82. The van der Waals surface area contributed by atoms with Crippen molar-refractivity contribution in [2.75, 3.05) is 11.1 Å². The molecule has 1 heterocycles. The lowest BCUT2D eigenvalue weighted by molar-refractivity contribution is -0.143. The molecule has 0 aliphatic rings. The smallest absolute Gasteiger partial charge is 0.319 e. The predicted octanol–water partition coefficient (Wildman–Crippen LogP) is 4.99. The van der Waals surface area contributed by atoms with Gasteiger partial charge in [0.15, 0.2) is 0 Å². The van der Waals surface area contributed by atoms with Crippen molar-refractivity contribution in [2.24, 2.45) is 0 Å². The van der Waals surface area contributed by atoms with Gasteiger partial charge in [-0.25, -0.2) is 0 Å². The van der Waals surface area contributed by atoms with E-state index in [1.54, 1.807) is 31.5 Å². The summed E-state index contributed by atoms with van der Waals surface area (Å²) in [6.07, 6.45) is 3.28. The highest BCUT2D eigenvalue weighted by molar-refractivity contribution is 8.01. The van der Waals surface area contributed by atoms with Crippen LogP contribution in [0.3, 0.4) is 0 Å². The number of thioether (sulfide) groups is 1. The summed E-state index contributed by atoms with van der Waals surface area (Å²) in [5, 5.41) is 2.34. The van der Waals surface area contributed by atoms with Gasteiger partial charge in [0, 0.05) is 17.4 Å². The monoisotopic (exact) mass is 436 g/mol. The first kappa shape index (κ1) is 22.4. The van der Waals surface area contributed by atoms with Gasteiger partial charge in [0.2, 0.25) is 5.91 Å². The lowest BCUT2D eigenvalue weighted by Crippen LogP contribution is -2.21. The van der Waals surface area contributed by atoms with Crippen molar-refractivity contribution in [1.82, 2.24) is 4.98 Å². The molecule has 160 valence electrons. The molecule has 1 unspecified atom stereocenters. The van der Waals surface area contributed by atoms with E-state index >= 15 is 0 Å². The van der Waals surface area contributed by atoms with Crippen molar-refractivity contribution >= 4 is 29.3 Å². The fourth-order valence-electron chi connectivity index (χ4n) is 2.63. The molecule has 0 saturated heterocycles. The number of hydrogen-bond acceptors (Lipinski definition) is 6. The van der Waals surface area contributed by atoms with E-state index in [9.17, 15) is 9.59 Å². The summed E-state index contributed by atoms with van der Waals surface area (Å²) in [4.78, 5) is 28.5. The van der Waals surface area contributed by atoms with Crippen LogP contribution in [0.4, 0.5) is 5.69 Å². The van der Waals surface area contributed by atoms with Crippen molar-refractivity contribution in [2.45, 2.75) is 25.7 Å². The van der Waals surface area contributed by atoms with Crippen LogP contribution in [0.1, 0.15) is 18.1 Å². The SMILES string of the molecule is Cc1ccc(NC(=O)CSC(C)C(=O)OCc2ccccc2Oc2cccnc2)cc1. The minimum atomic E-state index is -0.477. The molecule has 1 atom stereocenters. The molecule has 0 bridgehead atoms. The van der Waals surface area contributed by atoms with Gasteiger partial charge in [-0.3, -0.25) is 14.6 Å². The van der Waals surface area contributed by atoms with Crippen molar-refractivity contribution in [3.8, 4) is 11.5 Å². The maximum atomic E-state index is 12.4. The first-order valence-corrected chi connectivity index (χ1v) is 10.9. The van der Waals surface area contributed by atoms with Gasteiger partial charge in [-0.2, -0.15) is 0 Å². The van der Waals surface area contributed by atoms with E-state index in [-0.39, 0.29) is 24.2 Å². The zero-order valence-electron chi connectivity index (χ0n) is 17.4. The van der Waals surface area contributed by atoms with Crippen LogP contribution >= 0.6 is 11.8 Å².